The lowest BCUT2D eigenvalue weighted by Crippen LogP contribution is -2.36. The second-order valence-corrected chi connectivity index (χ2v) is 9.08. The van der Waals surface area contributed by atoms with Gasteiger partial charge in [0.05, 0.1) is 39.0 Å². The van der Waals surface area contributed by atoms with Crippen LogP contribution in [0.15, 0.2) is 0 Å². The highest BCUT2D eigenvalue weighted by molar-refractivity contribution is 5.84. The second-order valence-electron chi connectivity index (χ2n) is 9.08. The van der Waals surface area contributed by atoms with Gasteiger partial charge in [0, 0.05) is 45.4 Å². The Kier molecular flexibility index (Phi) is 23.0. The van der Waals surface area contributed by atoms with E-state index in [1.807, 2.05) is 0 Å². The number of carboxylic acid groups (broad SMARTS) is 2. The molecule has 0 aromatic carbocycles. The zero-order chi connectivity index (χ0) is 30.9. The molecule has 0 aromatic heterocycles. The maximum atomic E-state index is 11.8. The Morgan fingerprint density at radius 2 is 1.29 bits per heavy atom. The number of aliphatic carboxylic acids is 2. The largest absolute Gasteiger partial charge is 0.481 e. The van der Waals surface area contributed by atoms with Crippen molar-refractivity contribution in [1.82, 2.24) is 10.6 Å². The van der Waals surface area contributed by atoms with Gasteiger partial charge < -0.3 is 45.5 Å². The van der Waals surface area contributed by atoms with Crippen molar-refractivity contribution in [2.24, 2.45) is 11.7 Å². The summed E-state index contributed by atoms with van der Waals surface area (Å²) in [5.41, 5.74) is 5.33. The molecule has 15 heteroatoms. The topological polar surface area (TPSA) is 230 Å². The maximum Gasteiger partial charge on any atom is 0.320 e. The highest BCUT2D eigenvalue weighted by Gasteiger charge is 2.21. The van der Waals surface area contributed by atoms with E-state index < -0.39 is 23.9 Å². The number of carbonyl (C=O) groups is 6. The summed E-state index contributed by atoms with van der Waals surface area (Å²) in [5, 5.41) is 22.9. The second kappa shape index (κ2) is 24.8. The van der Waals surface area contributed by atoms with Crippen molar-refractivity contribution in [3.63, 3.8) is 0 Å². The summed E-state index contributed by atoms with van der Waals surface area (Å²) < 4.78 is 21.1. The van der Waals surface area contributed by atoms with Crippen LogP contribution < -0.4 is 16.4 Å². The summed E-state index contributed by atoms with van der Waals surface area (Å²) in [4.78, 5) is 68.4. The zero-order valence-corrected chi connectivity index (χ0v) is 23.7. The Hall–Kier alpha value is -2.98. The predicted octanol–water partition coefficient (Wildman–Crippen LogP) is -0.713. The van der Waals surface area contributed by atoms with Crippen molar-refractivity contribution in [2.75, 3.05) is 65.9 Å². The normalized spacial score (nSPS) is 12.3. The first-order valence-electron chi connectivity index (χ1n) is 13.7. The van der Waals surface area contributed by atoms with Crippen LogP contribution in [0.4, 0.5) is 0 Å². The Bertz CT molecular complexity index is 809. The fourth-order valence-electron chi connectivity index (χ4n) is 3.16. The third-order valence-electron chi connectivity index (χ3n) is 5.59. The summed E-state index contributed by atoms with van der Waals surface area (Å²) in [5.74, 6) is -4.02. The molecule has 6 N–H and O–H groups in total. The lowest BCUT2D eigenvalue weighted by molar-refractivity contribution is -0.144. The molecule has 2 atom stereocenters. The number of rotatable bonds is 28. The average molecular weight is 592 g/mol. The van der Waals surface area contributed by atoms with Crippen LogP contribution in [0, 0.1) is 5.92 Å². The van der Waals surface area contributed by atoms with Crippen molar-refractivity contribution in [1.29, 1.82) is 0 Å². The molecular weight excluding hydrogens is 546 g/mol. The summed E-state index contributed by atoms with van der Waals surface area (Å²) in [6, 6.07) is -1.03. The molecular formula is C26H45N3O12. The average Bonchev–Trinajstić information content (AvgIpc) is 2.93. The molecule has 2 amide bonds. The van der Waals surface area contributed by atoms with Gasteiger partial charge >= 0.3 is 11.9 Å². The molecule has 0 bridgehead atoms. The van der Waals surface area contributed by atoms with Crippen molar-refractivity contribution < 1.29 is 57.9 Å². The standard InChI is InChI=1S/C26H45N3O12/c1-2-20(30)16-19(25(34)35)5-6-23(32)29-9-11-39-13-14-40-17-21(31)4-3-10-38-12-15-41-18-24(33)28-8-7-22(27)26(36)37/h19,22H,2-18,27H2,1H3,(H,28,33)(H,29,32)(H,34,35)(H,36,37)/t19-,22+/m1/s1. The van der Waals surface area contributed by atoms with Gasteiger partial charge in [-0.05, 0) is 19.3 Å². The summed E-state index contributed by atoms with van der Waals surface area (Å²) in [6.07, 6.45) is 1.19. The van der Waals surface area contributed by atoms with E-state index in [4.69, 9.17) is 34.9 Å². The number of carbonyl (C=O) groups excluding carboxylic acids is 4. The van der Waals surface area contributed by atoms with Gasteiger partial charge in [0.2, 0.25) is 11.8 Å². The van der Waals surface area contributed by atoms with Crippen LogP contribution in [0.2, 0.25) is 0 Å². The molecule has 0 fully saturated rings. The number of nitrogens with two attached hydrogens (primary N) is 1. The third kappa shape index (κ3) is 23.4. The minimum absolute atomic E-state index is 0.00576. The van der Waals surface area contributed by atoms with E-state index in [1.54, 1.807) is 6.92 Å². The van der Waals surface area contributed by atoms with Crippen molar-refractivity contribution in [3.05, 3.63) is 0 Å². The molecule has 0 heterocycles. The van der Waals surface area contributed by atoms with E-state index in [0.29, 0.717) is 13.0 Å². The van der Waals surface area contributed by atoms with Gasteiger partial charge in [0.15, 0.2) is 5.78 Å². The van der Waals surface area contributed by atoms with Crippen LogP contribution in [-0.2, 0) is 47.7 Å². The third-order valence-corrected chi connectivity index (χ3v) is 5.59. The van der Waals surface area contributed by atoms with Crippen LogP contribution in [0.1, 0.15) is 51.9 Å². The van der Waals surface area contributed by atoms with Gasteiger partial charge in [0.25, 0.3) is 0 Å². The maximum absolute atomic E-state index is 11.8. The first kappa shape index (κ1) is 38.0. The van der Waals surface area contributed by atoms with Crippen LogP contribution in [0.25, 0.3) is 0 Å². The molecule has 0 radical (unpaired) electrons. The van der Waals surface area contributed by atoms with E-state index in [2.05, 4.69) is 10.6 Å². The van der Waals surface area contributed by atoms with Crippen LogP contribution in [0.5, 0.6) is 0 Å². The first-order chi connectivity index (χ1) is 19.6. The molecule has 0 aliphatic carbocycles. The van der Waals surface area contributed by atoms with E-state index in [1.165, 1.54) is 0 Å². The number of ether oxygens (including phenoxy) is 4. The Morgan fingerprint density at radius 3 is 1.93 bits per heavy atom. The molecule has 41 heavy (non-hydrogen) atoms. The highest BCUT2D eigenvalue weighted by atomic mass is 16.5. The van der Waals surface area contributed by atoms with Crippen LogP contribution in [0.3, 0.4) is 0 Å². The van der Waals surface area contributed by atoms with Gasteiger partial charge in [-0.15, -0.1) is 0 Å². The molecule has 0 saturated carbocycles. The molecule has 0 rings (SSSR count). The van der Waals surface area contributed by atoms with E-state index in [0.717, 1.165) is 0 Å². The highest BCUT2D eigenvalue weighted by Crippen LogP contribution is 2.13. The van der Waals surface area contributed by atoms with Crippen LogP contribution >= 0.6 is 0 Å². The molecule has 0 spiro atoms. The lowest BCUT2D eigenvalue weighted by Gasteiger charge is -2.11. The fraction of sp³-hybridized carbons (Fsp3) is 0.769. The minimum Gasteiger partial charge on any atom is -0.481 e. The number of amides is 2. The van der Waals surface area contributed by atoms with E-state index in [9.17, 15) is 28.8 Å². The number of hydrogen-bond donors (Lipinski definition) is 5. The zero-order valence-electron chi connectivity index (χ0n) is 23.7. The SMILES string of the molecule is CCC(=O)C[C@@H](CCC(=O)NCCOCCOCC(=O)CCCOCCOCC(=O)NCC[C@H](N)C(=O)O)C(=O)O. The van der Waals surface area contributed by atoms with Gasteiger partial charge in [-0.1, -0.05) is 6.92 Å². The molecule has 0 unspecified atom stereocenters. The van der Waals surface area contributed by atoms with Gasteiger partial charge in [0.1, 0.15) is 25.0 Å². The molecule has 0 saturated heterocycles. The number of hydrogen-bond acceptors (Lipinski definition) is 11. The predicted molar refractivity (Wildman–Crippen MR) is 144 cm³/mol. The summed E-state index contributed by atoms with van der Waals surface area (Å²) >= 11 is 0. The van der Waals surface area contributed by atoms with Gasteiger partial charge in [-0.25, -0.2) is 0 Å². The monoisotopic (exact) mass is 591 g/mol. The lowest BCUT2D eigenvalue weighted by atomic mass is 9.96. The Labute approximate surface area is 239 Å². The summed E-state index contributed by atoms with van der Waals surface area (Å²) in [6.45, 7) is 3.27. The van der Waals surface area contributed by atoms with E-state index in [-0.39, 0.29) is 121 Å². The number of carboxylic acids is 2. The number of Topliss-reactive ketones (excluding diaryl/α,β-unsaturated/α-hetero) is 2. The van der Waals surface area contributed by atoms with Gasteiger partial charge in [-0.3, -0.25) is 28.8 Å². The Balaban J connectivity index is 3.56. The fourth-order valence-corrected chi connectivity index (χ4v) is 3.16. The molecule has 236 valence electrons. The molecule has 15 nitrogen and oxygen atoms in total. The number of nitrogens with one attached hydrogen (secondary N) is 2. The smallest absolute Gasteiger partial charge is 0.320 e. The van der Waals surface area contributed by atoms with Crippen molar-refractivity contribution in [3.8, 4) is 0 Å². The molecule has 0 aliphatic heterocycles. The molecule has 0 aliphatic rings. The van der Waals surface area contributed by atoms with Gasteiger partial charge in [-0.2, -0.15) is 0 Å². The number of ketones is 2. The van der Waals surface area contributed by atoms with E-state index >= 15 is 0 Å². The minimum atomic E-state index is -1.13. The van der Waals surface area contributed by atoms with Crippen molar-refractivity contribution in [2.45, 2.75) is 57.9 Å². The van der Waals surface area contributed by atoms with Crippen LogP contribution in [-0.4, -0.2) is 118 Å². The first-order valence-corrected chi connectivity index (χ1v) is 13.7. The summed E-state index contributed by atoms with van der Waals surface area (Å²) in [7, 11) is 0. The van der Waals surface area contributed by atoms with Crippen molar-refractivity contribution >= 4 is 35.3 Å². The molecule has 0 aromatic rings. The Morgan fingerprint density at radius 1 is 0.683 bits per heavy atom. The quantitative estimate of drug-likeness (QED) is 0.0709.